The van der Waals surface area contributed by atoms with Gasteiger partial charge in [0.05, 0.1) is 0 Å². The summed E-state index contributed by atoms with van der Waals surface area (Å²) in [5, 5.41) is 83.7. The van der Waals surface area contributed by atoms with Crippen LogP contribution in [0.15, 0.2) is 24.3 Å². The standard InChI is InChI=1S/C30H46N2O2.6C3H7O.2Ti/c1-19-11-23(27(33)25(13-19)29(5,6)7)17-31-15-22(4)32(16-21(31)3)18-24-12-20(2)14-26(28(24)34)30(8,9)10;6*1-3(2)4;;/h11-14,21-22,33-34H,15-18H2,1-10H3;6*3H,1-2H3;;/q;6*-1;2*+4/p-2/t21-,22+;;;;;;;;. The van der Waals surface area contributed by atoms with Gasteiger partial charge in [0.15, 0.2) is 0 Å². The largest absolute Gasteiger partial charge is 4.00 e. The molecule has 1 fully saturated rings. The van der Waals surface area contributed by atoms with E-state index in [0.717, 1.165) is 46.5 Å². The van der Waals surface area contributed by atoms with Crippen LogP contribution in [0.3, 0.4) is 0 Å². The summed E-state index contributed by atoms with van der Waals surface area (Å²) in [4.78, 5) is 4.86. The van der Waals surface area contributed by atoms with Gasteiger partial charge in [0.1, 0.15) is 0 Å². The second-order valence-corrected chi connectivity index (χ2v) is 19.0. The van der Waals surface area contributed by atoms with Crippen LogP contribution in [0.1, 0.15) is 172 Å². The van der Waals surface area contributed by atoms with Crippen molar-refractivity contribution in [2.24, 2.45) is 0 Å². The van der Waals surface area contributed by atoms with E-state index in [9.17, 15) is 40.9 Å². The Kier molecular flexibility index (Phi) is 41.9. The molecule has 12 heteroatoms. The van der Waals surface area contributed by atoms with Crippen LogP contribution in [0.4, 0.5) is 0 Å². The van der Waals surface area contributed by atoms with E-state index in [0.29, 0.717) is 25.2 Å². The first-order valence-electron chi connectivity index (χ1n) is 21.0. The van der Waals surface area contributed by atoms with Crippen molar-refractivity contribution in [1.82, 2.24) is 9.80 Å². The molecule has 1 aliphatic heterocycles. The van der Waals surface area contributed by atoms with E-state index in [1.807, 2.05) is 12.1 Å². The molecule has 2 aromatic rings. The Labute approximate surface area is 399 Å². The zero-order valence-corrected chi connectivity index (χ0v) is 45.0. The third-order valence-corrected chi connectivity index (χ3v) is 7.23. The molecule has 60 heavy (non-hydrogen) atoms. The number of hydrogen-bond donors (Lipinski definition) is 0. The Morgan fingerprint density at radius 1 is 0.467 bits per heavy atom. The molecule has 0 aromatic heterocycles. The molecule has 10 nitrogen and oxygen atoms in total. The van der Waals surface area contributed by atoms with Crippen LogP contribution >= 0.6 is 0 Å². The van der Waals surface area contributed by atoms with Crippen molar-refractivity contribution in [3.63, 3.8) is 0 Å². The third-order valence-electron chi connectivity index (χ3n) is 7.23. The number of hydrogen-bond acceptors (Lipinski definition) is 10. The Balaban J connectivity index is -0.000000230. The fourth-order valence-corrected chi connectivity index (χ4v) is 5.19. The van der Waals surface area contributed by atoms with Gasteiger partial charge in [-0.05, 0) is 60.8 Å². The zero-order chi connectivity index (χ0) is 47.0. The van der Waals surface area contributed by atoms with Gasteiger partial charge in [0.25, 0.3) is 0 Å². The predicted molar refractivity (Wildman–Crippen MR) is 229 cm³/mol. The van der Waals surface area contributed by atoms with Gasteiger partial charge in [-0.3, -0.25) is 9.80 Å². The second-order valence-electron chi connectivity index (χ2n) is 19.0. The van der Waals surface area contributed by atoms with E-state index in [1.54, 1.807) is 83.1 Å². The van der Waals surface area contributed by atoms with Gasteiger partial charge in [-0.25, -0.2) is 0 Å². The Bertz CT molecular complexity index is 1190. The summed E-state index contributed by atoms with van der Waals surface area (Å²) in [5.74, 6) is 0.372. The average molecular weight is 915 g/mol. The van der Waals surface area contributed by atoms with Crippen LogP contribution in [0.2, 0.25) is 0 Å². The first-order valence-corrected chi connectivity index (χ1v) is 21.0. The zero-order valence-electron chi connectivity index (χ0n) is 41.9. The quantitative estimate of drug-likeness (QED) is 0.410. The molecule has 1 aliphatic rings. The van der Waals surface area contributed by atoms with E-state index >= 15 is 0 Å². The molecule has 0 bridgehead atoms. The minimum Gasteiger partial charge on any atom is -0.872 e. The van der Waals surface area contributed by atoms with Crippen LogP contribution < -0.4 is 40.9 Å². The monoisotopic (exact) mass is 915 g/mol. The van der Waals surface area contributed by atoms with E-state index in [2.05, 4.69) is 91.2 Å². The number of aryl methyl sites for hydroxylation is 2. The van der Waals surface area contributed by atoms with E-state index in [1.165, 1.54) is 0 Å². The molecular weight excluding hydrogens is 828 g/mol. The molecule has 2 aromatic carbocycles. The maximum atomic E-state index is 13.2. The molecule has 344 valence electrons. The van der Waals surface area contributed by atoms with Crippen molar-refractivity contribution in [3.05, 3.63) is 57.6 Å². The molecule has 1 saturated heterocycles. The first-order chi connectivity index (χ1) is 26.0. The first kappa shape index (κ1) is 70.8. The predicted octanol–water partition coefficient (Wildman–Crippen LogP) is 3.67. The molecule has 0 unspecified atom stereocenters. The minimum atomic E-state index is -0.417. The molecule has 2 atom stereocenters. The number of benzene rings is 2. The Morgan fingerprint density at radius 2 is 0.650 bits per heavy atom. The summed E-state index contributed by atoms with van der Waals surface area (Å²) >= 11 is 0. The summed E-state index contributed by atoms with van der Waals surface area (Å²) in [5.41, 5.74) is 5.57. The van der Waals surface area contributed by atoms with Crippen molar-refractivity contribution >= 4 is 0 Å². The van der Waals surface area contributed by atoms with Crippen molar-refractivity contribution in [2.75, 3.05) is 13.1 Å². The van der Waals surface area contributed by atoms with Gasteiger partial charge in [-0.1, -0.05) is 160 Å². The van der Waals surface area contributed by atoms with Crippen molar-refractivity contribution in [1.29, 1.82) is 0 Å². The number of piperazine rings is 1. The summed E-state index contributed by atoms with van der Waals surface area (Å²) in [6.07, 6.45) is -2.50. The summed E-state index contributed by atoms with van der Waals surface area (Å²) in [6.45, 7) is 43.7. The normalized spacial score (nSPS) is 15.3. The molecular formula is C48H86N2O8Ti2. The molecule has 0 saturated carbocycles. The van der Waals surface area contributed by atoms with Gasteiger partial charge in [0.2, 0.25) is 0 Å². The van der Waals surface area contributed by atoms with Crippen molar-refractivity contribution in [2.45, 2.75) is 225 Å². The summed E-state index contributed by atoms with van der Waals surface area (Å²) in [6, 6.07) is 8.82. The summed E-state index contributed by atoms with van der Waals surface area (Å²) in [7, 11) is 0. The Morgan fingerprint density at radius 3 is 0.817 bits per heavy atom. The van der Waals surface area contributed by atoms with Crippen LogP contribution in [0.25, 0.3) is 0 Å². The average Bonchev–Trinajstić information content (AvgIpc) is 2.96. The maximum Gasteiger partial charge on any atom is 4.00 e. The molecule has 0 N–H and O–H groups in total. The third kappa shape index (κ3) is 40.0. The van der Waals surface area contributed by atoms with Crippen LogP contribution in [0, 0.1) is 13.8 Å². The fraction of sp³-hybridized carbons (Fsp3) is 0.750. The molecule has 0 spiro atoms. The second kappa shape index (κ2) is 35.5. The Hall–Kier alpha value is -0.851. The molecule has 0 radical (unpaired) electrons. The van der Waals surface area contributed by atoms with Crippen LogP contribution in [-0.4, -0.2) is 71.6 Å². The van der Waals surface area contributed by atoms with E-state index < -0.39 is 36.6 Å². The van der Waals surface area contributed by atoms with Gasteiger partial charge < -0.3 is 40.9 Å². The smallest absolute Gasteiger partial charge is 0.872 e. The van der Waals surface area contributed by atoms with Crippen LogP contribution in [-0.2, 0) is 67.4 Å². The molecule has 1 heterocycles. The number of rotatable bonds is 4. The van der Waals surface area contributed by atoms with Gasteiger partial charge in [0, 0.05) is 38.3 Å². The van der Waals surface area contributed by atoms with Crippen molar-refractivity contribution < 1.29 is 84.3 Å². The van der Waals surface area contributed by atoms with Gasteiger partial charge >= 0.3 is 43.4 Å². The fourth-order valence-electron chi connectivity index (χ4n) is 5.19. The van der Waals surface area contributed by atoms with E-state index in [-0.39, 0.29) is 65.8 Å². The molecule has 0 amide bonds. The number of nitrogens with zero attached hydrogens (tertiary/aromatic N) is 2. The SMILES string of the molecule is CC(C)[O-].CC(C)[O-].CC(C)[O-].CC(C)[O-].CC(C)[O-].CC(C)[O-].Cc1cc(CN2C[C@H](C)N(Cc3cc(C)cc(C(C)(C)C)c3[O-])C[C@H]2C)c([O-])c(C(C)(C)C)c1.[Ti+4].[Ti+4]. The molecule has 0 aliphatic carbocycles. The van der Waals surface area contributed by atoms with Gasteiger partial charge in [-0.15, -0.1) is 48.1 Å². The van der Waals surface area contributed by atoms with Crippen LogP contribution in [0.5, 0.6) is 11.5 Å². The molecule has 3 rings (SSSR count). The summed E-state index contributed by atoms with van der Waals surface area (Å²) < 4.78 is 0. The van der Waals surface area contributed by atoms with Crippen molar-refractivity contribution in [3.8, 4) is 11.5 Å². The topological polar surface area (TPSA) is 191 Å². The minimum absolute atomic E-state index is 0. The van der Waals surface area contributed by atoms with E-state index in [4.69, 9.17) is 0 Å². The maximum absolute atomic E-state index is 13.2. The van der Waals surface area contributed by atoms with Gasteiger partial charge in [-0.2, -0.15) is 0 Å².